The summed E-state index contributed by atoms with van der Waals surface area (Å²) in [5, 5.41) is 2.48. The third kappa shape index (κ3) is 2.71. The summed E-state index contributed by atoms with van der Waals surface area (Å²) in [6.45, 7) is 11.2. The maximum absolute atomic E-state index is 5.04. The Balaban J connectivity index is 2.06. The summed E-state index contributed by atoms with van der Waals surface area (Å²) < 4.78 is 4.72. The number of para-hydroxylation sites is 2. The van der Waals surface area contributed by atoms with Crippen LogP contribution in [0.25, 0.3) is 38.5 Å². The van der Waals surface area contributed by atoms with Gasteiger partial charge in [0.15, 0.2) is 11.0 Å². The molecular formula is C26H28N3+. The normalized spacial score (nSPS) is 12.6. The largest absolute Gasteiger partial charge is 0.297 e. The number of hydrogen-bond donors (Lipinski definition) is 0. The second-order valence-electron chi connectivity index (χ2n) is 9.60. The van der Waals surface area contributed by atoms with E-state index in [0.717, 1.165) is 17.6 Å². The summed E-state index contributed by atoms with van der Waals surface area (Å²) in [6.07, 6.45) is 1.05. The van der Waals surface area contributed by atoms with Crippen LogP contribution in [-0.2, 0) is 13.5 Å². The van der Waals surface area contributed by atoms with Gasteiger partial charge in [-0.25, -0.2) is 4.57 Å². The van der Waals surface area contributed by atoms with Crippen LogP contribution >= 0.6 is 0 Å². The van der Waals surface area contributed by atoms with Gasteiger partial charge in [-0.2, -0.15) is 4.40 Å². The quantitative estimate of drug-likeness (QED) is 0.264. The van der Waals surface area contributed by atoms with E-state index in [-0.39, 0.29) is 5.41 Å². The van der Waals surface area contributed by atoms with Gasteiger partial charge in [0.05, 0.1) is 18.0 Å². The van der Waals surface area contributed by atoms with Gasteiger partial charge in [-0.05, 0) is 67.1 Å². The molecule has 0 fully saturated rings. The van der Waals surface area contributed by atoms with E-state index in [4.69, 9.17) is 4.98 Å². The molecule has 0 radical (unpaired) electrons. The fraction of sp³-hybridized carbons (Fsp3) is 0.308. The Morgan fingerprint density at radius 2 is 1.72 bits per heavy atom. The Labute approximate surface area is 171 Å². The van der Waals surface area contributed by atoms with Gasteiger partial charge >= 0.3 is 0 Å². The molecule has 5 aromatic rings. The van der Waals surface area contributed by atoms with Crippen molar-refractivity contribution in [2.75, 3.05) is 0 Å². The Hall–Kier alpha value is -2.94. The predicted molar refractivity (Wildman–Crippen MR) is 122 cm³/mol. The summed E-state index contributed by atoms with van der Waals surface area (Å²) in [5.41, 5.74) is 9.98. The number of hydrogen-bond acceptors (Lipinski definition) is 1. The number of rotatable bonds is 1. The fourth-order valence-corrected chi connectivity index (χ4v) is 4.84. The molecule has 3 heterocycles. The van der Waals surface area contributed by atoms with Gasteiger partial charge in [0, 0.05) is 11.1 Å². The third-order valence-corrected chi connectivity index (χ3v) is 5.87. The third-order valence-electron chi connectivity index (χ3n) is 5.87. The topological polar surface area (TPSA) is 21.2 Å². The zero-order chi connectivity index (χ0) is 20.5. The highest BCUT2D eigenvalue weighted by atomic mass is 15.1. The molecular weight excluding hydrogens is 354 g/mol. The molecule has 3 heteroatoms. The first kappa shape index (κ1) is 18.1. The minimum absolute atomic E-state index is 0.249. The minimum atomic E-state index is 0.249. The lowest BCUT2D eigenvalue weighted by Gasteiger charge is -2.18. The van der Waals surface area contributed by atoms with E-state index in [1.54, 1.807) is 0 Å². The fourth-order valence-electron chi connectivity index (χ4n) is 4.84. The number of aryl methyl sites for hydroxylation is 3. The van der Waals surface area contributed by atoms with Crippen molar-refractivity contribution in [3.05, 3.63) is 65.4 Å². The van der Waals surface area contributed by atoms with Crippen LogP contribution in [-0.4, -0.2) is 9.38 Å². The Kier molecular flexibility index (Phi) is 3.76. The monoisotopic (exact) mass is 382 g/mol. The van der Waals surface area contributed by atoms with Crippen LogP contribution in [0.3, 0.4) is 0 Å². The Morgan fingerprint density at radius 3 is 2.48 bits per heavy atom. The first-order valence-corrected chi connectivity index (χ1v) is 10.4. The lowest BCUT2D eigenvalue weighted by molar-refractivity contribution is -0.617. The number of nitrogens with zero attached hydrogens (tertiary/aromatic N) is 3. The van der Waals surface area contributed by atoms with E-state index in [2.05, 4.69) is 99.2 Å². The smallest absolute Gasteiger partial charge is 0.252 e. The maximum Gasteiger partial charge on any atom is 0.297 e. The predicted octanol–water partition coefficient (Wildman–Crippen LogP) is 5.82. The maximum atomic E-state index is 5.04. The van der Waals surface area contributed by atoms with Crippen molar-refractivity contribution in [2.45, 2.75) is 41.0 Å². The number of aromatic nitrogens is 3. The summed E-state index contributed by atoms with van der Waals surface area (Å²) in [5.74, 6) is 0. The molecule has 3 aromatic heterocycles. The highest BCUT2D eigenvalue weighted by Gasteiger charge is 2.25. The molecule has 0 aliphatic carbocycles. The summed E-state index contributed by atoms with van der Waals surface area (Å²) in [7, 11) is 2.16. The van der Waals surface area contributed by atoms with Crippen molar-refractivity contribution >= 4 is 38.5 Å². The molecule has 0 aliphatic rings. The van der Waals surface area contributed by atoms with Crippen LogP contribution in [0.15, 0.2) is 48.5 Å². The van der Waals surface area contributed by atoms with Crippen LogP contribution < -0.4 is 4.57 Å². The van der Waals surface area contributed by atoms with Gasteiger partial charge in [0.1, 0.15) is 5.52 Å². The number of pyridine rings is 2. The molecule has 2 aromatic carbocycles. The average molecular weight is 383 g/mol. The first-order chi connectivity index (χ1) is 13.7. The molecule has 146 valence electrons. The molecule has 0 spiro atoms. The Bertz CT molecular complexity index is 1430. The Morgan fingerprint density at radius 1 is 0.966 bits per heavy atom. The lowest BCUT2D eigenvalue weighted by Crippen LogP contribution is -2.27. The van der Waals surface area contributed by atoms with Crippen LogP contribution in [0.5, 0.6) is 0 Å². The highest BCUT2D eigenvalue weighted by Crippen LogP contribution is 2.34. The minimum Gasteiger partial charge on any atom is -0.252 e. The second kappa shape index (κ2) is 6.03. The standard InChI is InChI=1S/C26H28N3/c1-16-13-17(2)27-24-19-14-18(15-26(3,4)5)11-12-20(19)29-22-10-8-7-9-21(22)28(6)25(29)23(16)24/h7-14H,15H2,1-6H3/q+1. The summed E-state index contributed by atoms with van der Waals surface area (Å²) in [6, 6.07) is 17.8. The molecule has 0 amide bonds. The summed E-state index contributed by atoms with van der Waals surface area (Å²) >= 11 is 0. The van der Waals surface area contributed by atoms with Gasteiger partial charge in [-0.1, -0.05) is 39.0 Å². The molecule has 0 unspecified atom stereocenters. The van der Waals surface area contributed by atoms with Gasteiger partial charge in [-0.3, -0.25) is 4.98 Å². The highest BCUT2D eigenvalue weighted by molar-refractivity contribution is 6.12. The van der Waals surface area contributed by atoms with Crippen molar-refractivity contribution in [2.24, 2.45) is 12.5 Å². The molecule has 0 bridgehead atoms. The summed E-state index contributed by atoms with van der Waals surface area (Å²) in [4.78, 5) is 5.04. The van der Waals surface area contributed by atoms with Gasteiger partial charge in [0.25, 0.3) is 5.65 Å². The number of fused-ring (bicyclic) bond motifs is 8. The van der Waals surface area contributed by atoms with Crippen LogP contribution in [0.4, 0.5) is 0 Å². The number of benzene rings is 2. The molecule has 0 aliphatic heterocycles. The van der Waals surface area contributed by atoms with Crippen molar-refractivity contribution in [3.63, 3.8) is 0 Å². The zero-order valence-electron chi connectivity index (χ0n) is 18.2. The molecule has 0 saturated heterocycles. The van der Waals surface area contributed by atoms with Gasteiger partial charge < -0.3 is 0 Å². The van der Waals surface area contributed by atoms with Crippen LogP contribution in [0.1, 0.15) is 37.6 Å². The van der Waals surface area contributed by atoms with Crippen molar-refractivity contribution < 1.29 is 4.57 Å². The molecule has 0 saturated carbocycles. The molecule has 0 atom stereocenters. The average Bonchev–Trinajstić information content (AvgIpc) is 2.93. The van der Waals surface area contributed by atoms with E-state index < -0.39 is 0 Å². The van der Waals surface area contributed by atoms with Crippen molar-refractivity contribution in [1.29, 1.82) is 0 Å². The van der Waals surface area contributed by atoms with Gasteiger partial charge in [0.2, 0.25) is 0 Å². The van der Waals surface area contributed by atoms with Crippen LogP contribution in [0.2, 0.25) is 0 Å². The van der Waals surface area contributed by atoms with E-state index in [1.807, 2.05) is 0 Å². The number of imidazole rings is 1. The lowest BCUT2D eigenvalue weighted by atomic mass is 9.87. The second-order valence-corrected chi connectivity index (χ2v) is 9.60. The molecule has 29 heavy (non-hydrogen) atoms. The van der Waals surface area contributed by atoms with Gasteiger partial charge in [-0.15, -0.1) is 0 Å². The van der Waals surface area contributed by atoms with E-state index in [1.165, 1.54) is 44.1 Å². The van der Waals surface area contributed by atoms with Crippen LogP contribution in [0, 0.1) is 19.3 Å². The zero-order valence-corrected chi connectivity index (χ0v) is 18.2. The van der Waals surface area contributed by atoms with Crippen molar-refractivity contribution in [1.82, 2.24) is 9.38 Å². The van der Waals surface area contributed by atoms with E-state index in [0.29, 0.717) is 0 Å². The first-order valence-electron chi connectivity index (χ1n) is 10.4. The van der Waals surface area contributed by atoms with E-state index in [9.17, 15) is 0 Å². The SMILES string of the molecule is Cc1cc(C)c2c(n1)c1cc(CC(C)(C)C)ccc1n1c3ccccc3[n+](C)c21. The van der Waals surface area contributed by atoms with Crippen molar-refractivity contribution in [3.8, 4) is 0 Å². The molecule has 3 nitrogen and oxygen atoms in total. The van der Waals surface area contributed by atoms with E-state index >= 15 is 0 Å². The molecule has 5 rings (SSSR count). The molecule has 0 N–H and O–H groups in total.